The SMILES string of the molecule is Nc1cccc(C(=O)c2ccc3c(c2)OCO3)c1. The monoisotopic (exact) mass is 241 g/mol. The van der Waals surface area contributed by atoms with Crippen molar-refractivity contribution in [2.75, 3.05) is 12.5 Å². The highest BCUT2D eigenvalue weighted by molar-refractivity contribution is 6.09. The van der Waals surface area contributed by atoms with Crippen molar-refractivity contribution in [1.82, 2.24) is 0 Å². The Morgan fingerprint density at radius 1 is 1.00 bits per heavy atom. The van der Waals surface area contributed by atoms with E-state index in [-0.39, 0.29) is 12.6 Å². The van der Waals surface area contributed by atoms with Crippen LogP contribution in [0.3, 0.4) is 0 Å². The summed E-state index contributed by atoms with van der Waals surface area (Å²) in [6, 6.07) is 12.1. The average molecular weight is 241 g/mol. The van der Waals surface area contributed by atoms with Crippen LogP contribution in [0.1, 0.15) is 15.9 Å². The molecule has 0 radical (unpaired) electrons. The first-order chi connectivity index (χ1) is 8.74. The molecule has 0 saturated carbocycles. The van der Waals surface area contributed by atoms with E-state index in [1.807, 2.05) is 0 Å². The van der Waals surface area contributed by atoms with Crippen LogP contribution in [-0.2, 0) is 0 Å². The summed E-state index contributed by atoms with van der Waals surface area (Å²) in [6.07, 6.45) is 0. The van der Waals surface area contributed by atoms with Crippen molar-refractivity contribution in [3.05, 3.63) is 53.6 Å². The zero-order chi connectivity index (χ0) is 12.5. The predicted octanol–water partition coefficient (Wildman–Crippen LogP) is 2.23. The Kier molecular flexibility index (Phi) is 2.41. The first kappa shape index (κ1) is 10.7. The summed E-state index contributed by atoms with van der Waals surface area (Å²) < 4.78 is 10.5. The van der Waals surface area contributed by atoms with Crippen molar-refractivity contribution < 1.29 is 14.3 Å². The molecule has 0 amide bonds. The van der Waals surface area contributed by atoms with Crippen LogP contribution in [0.15, 0.2) is 42.5 Å². The molecule has 3 rings (SSSR count). The summed E-state index contributed by atoms with van der Waals surface area (Å²) >= 11 is 0. The third-order valence-electron chi connectivity index (χ3n) is 2.78. The maximum Gasteiger partial charge on any atom is 0.231 e. The maximum atomic E-state index is 12.2. The fourth-order valence-electron chi connectivity index (χ4n) is 1.88. The predicted molar refractivity (Wildman–Crippen MR) is 66.9 cm³/mol. The van der Waals surface area contributed by atoms with Gasteiger partial charge < -0.3 is 15.2 Å². The lowest BCUT2D eigenvalue weighted by atomic mass is 10.0. The fourth-order valence-corrected chi connectivity index (χ4v) is 1.88. The molecule has 0 unspecified atom stereocenters. The first-order valence-corrected chi connectivity index (χ1v) is 5.54. The van der Waals surface area contributed by atoms with Crippen molar-refractivity contribution in [3.8, 4) is 11.5 Å². The molecule has 0 spiro atoms. The summed E-state index contributed by atoms with van der Waals surface area (Å²) in [7, 11) is 0. The number of rotatable bonds is 2. The summed E-state index contributed by atoms with van der Waals surface area (Å²) in [4.78, 5) is 12.2. The molecule has 0 saturated heterocycles. The van der Waals surface area contributed by atoms with Crippen LogP contribution >= 0.6 is 0 Å². The molecule has 1 aliphatic heterocycles. The van der Waals surface area contributed by atoms with Gasteiger partial charge in [0.15, 0.2) is 17.3 Å². The molecule has 2 N–H and O–H groups in total. The summed E-state index contributed by atoms with van der Waals surface area (Å²) in [5, 5.41) is 0. The first-order valence-electron chi connectivity index (χ1n) is 5.54. The molecule has 0 fully saturated rings. The number of ketones is 1. The molecule has 1 heterocycles. The minimum atomic E-state index is -0.0828. The Balaban J connectivity index is 1.98. The van der Waals surface area contributed by atoms with Gasteiger partial charge >= 0.3 is 0 Å². The lowest BCUT2D eigenvalue weighted by molar-refractivity contribution is 0.103. The summed E-state index contributed by atoms with van der Waals surface area (Å²) in [5.74, 6) is 1.18. The van der Waals surface area contributed by atoms with Crippen molar-refractivity contribution in [3.63, 3.8) is 0 Å². The topological polar surface area (TPSA) is 61.6 Å². The molecule has 18 heavy (non-hydrogen) atoms. The quantitative estimate of drug-likeness (QED) is 0.647. The van der Waals surface area contributed by atoms with Crippen molar-refractivity contribution in [2.45, 2.75) is 0 Å². The number of hydrogen-bond acceptors (Lipinski definition) is 4. The van der Waals surface area contributed by atoms with Gasteiger partial charge in [0, 0.05) is 16.8 Å². The minimum absolute atomic E-state index is 0.0828. The summed E-state index contributed by atoms with van der Waals surface area (Å²) in [6.45, 7) is 0.200. The standard InChI is InChI=1S/C14H11NO3/c15-11-3-1-2-9(6-11)14(16)10-4-5-12-13(7-10)18-8-17-12/h1-7H,8,15H2. The number of anilines is 1. The third kappa shape index (κ3) is 1.78. The highest BCUT2D eigenvalue weighted by atomic mass is 16.7. The molecule has 90 valence electrons. The van der Waals surface area contributed by atoms with Gasteiger partial charge in [-0.15, -0.1) is 0 Å². The van der Waals surface area contributed by atoms with E-state index in [1.54, 1.807) is 42.5 Å². The molecule has 1 aliphatic rings. The van der Waals surface area contributed by atoms with Crippen LogP contribution in [0.2, 0.25) is 0 Å². The number of carbonyl (C=O) groups is 1. The van der Waals surface area contributed by atoms with Gasteiger partial charge in [-0.3, -0.25) is 4.79 Å². The molecule has 0 atom stereocenters. The molecule has 4 heteroatoms. The van der Waals surface area contributed by atoms with E-state index >= 15 is 0 Å². The Hall–Kier alpha value is -2.49. The average Bonchev–Trinajstić information content (AvgIpc) is 2.85. The number of fused-ring (bicyclic) bond motifs is 1. The fraction of sp³-hybridized carbons (Fsp3) is 0.0714. The largest absolute Gasteiger partial charge is 0.454 e. The number of nitrogens with two attached hydrogens (primary N) is 1. The van der Waals surface area contributed by atoms with E-state index in [0.29, 0.717) is 28.3 Å². The van der Waals surface area contributed by atoms with Gasteiger partial charge in [-0.2, -0.15) is 0 Å². The van der Waals surface area contributed by atoms with E-state index in [1.165, 1.54) is 0 Å². The second-order valence-corrected chi connectivity index (χ2v) is 4.02. The summed E-state index contributed by atoms with van der Waals surface area (Å²) in [5.41, 5.74) is 7.36. The van der Waals surface area contributed by atoms with Crippen LogP contribution in [0.4, 0.5) is 5.69 Å². The number of ether oxygens (including phenoxy) is 2. The van der Waals surface area contributed by atoms with Crippen LogP contribution in [0.25, 0.3) is 0 Å². The van der Waals surface area contributed by atoms with Crippen LogP contribution in [-0.4, -0.2) is 12.6 Å². The molecule has 2 aromatic rings. The molecule has 4 nitrogen and oxygen atoms in total. The lowest BCUT2D eigenvalue weighted by Gasteiger charge is -2.03. The van der Waals surface area contributed by atoms with Gasteiger partial charge in [0.1, 0.15) is 0 Å². The Labute approximate surface area is 104 Å². The second-order valence-electron chi connectivity index (χ2n) is 4.02. The molecular weight excluding hydrogens is 230 g/mol. The normalized spacial score (nSPS) is 12.4. The van der Waals surface area contributed by atoms with Gasteiger partial charge in [-0.05, 0) is 30.3 Å². The van der Waals surface area contributed by atoms with Gasteiger partial charge in [0.05, 0.1) is 0 Å². The zero-order valence-electron chi connectivity index (χ0n) is 9.55. The highest BCUT2D eigenvalue weighted by Gasteiger charge is 2.17. The number of nitrogen functional groups attached to an aromatic ring is 1. The van der Waals surface area contributed by atoms with Gasteiger partial charge in [-0.25, -0.2) is 0 Å². The highest BCUT2D eigenvalue weighted by Crippen LogP contribution is 2.33. The van der Waals surface area contributed by atoms with E-state index in [9.17, 15) is 4.79 Å². The number of hydrogen-bond donors (Lipinski definition) is 1. The van der Waals surface area contributed by atoms with Crippen molar-refractivity contribution in [2.24, 2.45) is 0 Å². The van der Waals surface area contributed by atoms with Crippen LogP contribution < -0.4 is 15.2 Å². The van der Waals surface area contributed by atoms with Crippen LogP contribution in [0.5, 0.6) is 11.5 Å². The molecular formula is C14H11NO3. The van der Waals surface area contributed by atoms with Crippen LogP contribution in [0, 0.1) is 0 Å². The Morgan fingerprint density at radius 2 is 1.78 bits per heavy atom. The number of carbonyl (C=O) groups excluding carboxylic acids is 1. The molecule has 0 aromatic heterocycles. The molecule has 0 bridgehead atoms. The maximum absolute atomic E-state index is 12.2. The zero-order valence-corrected chi connectivity index (χ0v) is 9.55. The lowest BCUT2D eigenvalue weighted by Crippen LogP contribution is -2.01. The second kappa shape index (κ2) is 4.07. The van der Waals surface area contributed by atoms with Gasteiger partial charge in [-0.1, -0.05) is 12.1 Å². The number of benzene rings is 2. The van der Waals surface area contributed by atoms with E-state index in [4.69, 9.17) is 15.2 Å². The van der Waals surface area contributed by atoms with Gasteiger partial charge in [0.25, 0.3) is 0 Å². The van der Waals surface area contributed by atoms with E-state index < -0.39 is 0 Å². The van der Waals surface area contributed by atoms with Gasteiger partial charge in [0.2, 0.25) is 6.79 Å². The minimum Gasteiger partial charge on any atom is -0.454 e. The van der Waals surface area contributed by atoms with Crippen molar-refractivity contribution in [1.29, 1.82) is 0 Å². The van der Waals surface area contributed by atoms with Crippen molar-refractivity contribution >= 4 is 11.5 Å². The smallest absolute Gasteiger partial charge is 0.231 e. The Morgan fingerprint density at radius 3 is 2.61 bits per heavy atom. The molecule has 2 aromatic carbocycles. The van der Waals surface area contributed by atoms with E-state index in [0.717, 1.165) is 0 Å². The molecule has 0 aliphatic carbocycles. The van der Waals surface area contributed by atoms with E-state index in [2.05, 4.69) is 0 Å². The Bertz CT molecular complexity index is 622. The third-order valence-corrected chi connectivity index (χ3v) is 2.78.